The van der Waals surface area contributed by atoms with Crippen LogP contribution in [-0.2, 0) is 11.2 Å². The number of carbonyl (C=O) groups is 2. The lowest BCUT2D eigenvalue weighted by Crippen LogP contribution is -2.16. The Morgan fingerprint density at radius 3 is 1.96 bits per heavy atom. The van der Waals surface area contributed by atoms with Crippen molar-refractivity contribution in [3.63, 3.8) is 0 Å². The fourth-order valence-corrected chi connectivity index (χ4v) is 2.72. The zero-order valence-corrected chi connectivity index (χ0v) is 14.7. The van der Waals surface area contributed by atoms with Crippen molar-refractivity contribution in [2.45, 2.75) is 19.8 Å². The molecule has 3 heteroatoms. The molecule has 0 saturated heterocycles. The quantitative estimate of drug-likeness (QED) is 0.516. The van der Waals surface area contributed by atoms with Gasteiger partial charge >= 0.3 is 0 Å². The Kier molecular flexibility index (Phi) is 5.59. The molecule has 0 saturated carbocycles. The number of amides is 1. The molecule has 0 heterocycles. The summed E-state index contributed by atoms with van der Waals surface area (Å²) in [5.74, 6) is -0.482. The van der Waals surface area contributed by atoms with Gasteiger partial charge < -0.3 is 5.32 Å². The molecular weight excluding hydrogens is 322 g/mol. The van der Waals surface area contributed by atoms with E-state index in [1.54, 1.807) is 24.3 Å². The summed E-state index contributed by atoms with van der Waals surface area (Å²) in [5.41, 5.74) is 4.92. The third-order valence-corrected chi connectivity index (χ3v) is 4.18. The average molecular weight is 343 g/mol. The number of ketones is 1. The van der Waals surface area contributed by atoms with E-state index < -0.39 is 0 Å². The average Bonchev–Trinajstić information content (AvgIpc) is 2.66. The summed E-state index contributed by atoms with van der Waals surface area (Å²) in [5, 5.41) is 2.78. The zero-order valence-electron chi connectivity index (χ0n) is 14.7. The molecule has 0 spiro atoms. The van der Waals surface area contributed by atoms with Crippen molar-refractivity contribution in [3.8, 4) is 0 Å². The van der Waals surface area contributed by atoms with Gasteiger partial charge in [-0.05, 0) is 36.6 Å². The third kappa shape index (κ3) is 4.90. The van der Waals surface area contributed by atoms with E-state index in [1.807, 2.05) is 30.3 Å². The lowest BCUT2D eigenvalue weighted by molar-refractivity contribution is -0.115. The van der Waals surface area contributed by atoms with E-state index in [0.29, 0.717) is 11.3 Å². The van der Waals surface area contributed by atoms with Crippen molar-refractivity contribution in [3.05, 3.63) is 101 Å². The summed E-state index contributed by atoms with van der Waals surface area (Å²) in [6.45, 7) is 2.07. The fraction of sp³-hybridized carbons (Fsp3) is 0.130. The van der Waals surface area contributed by atoms with Crippen LogP contribution in [0.3, 0.4) is 0 Å². The summed E-state index contributed by atoms with van der Waals surface area (Å²) in [6, 6.07) is 25.0. The maximum atomic E-state index is 12.1. The van der Waals surface area contributed by atoms with Crippen molar-refractivity contribution < 1.29 is 9.59 Å². The van der Waals surface area contributed by atoms with Gasteiger partial charge in [-0.25, -0.2) is 0 Å². The topological polar surface area (TPSA) is 46.2 Å². The molecule has 26 heavy (non-hydrogen) atoms. The molecule has 0 unspecified atom stereocenters. The van der Waals surface area contributed by atoms with Gasteiger partial charge in [0, 0.05) is 11.3 Å². The number of anilines is 1. The Labute approximate surface area is 153 Å². The number of hydrogen-bond donors (Lipinski definition) is 1. The Morgan fingerprint density at radius 1 is 0.769 bits per heavy atom. The molecule has 0 radical (unpaired) electrons. The predicted molar refractivity (Wildman–Crippen MR) is 104 cm³/mol. The summed E-state index contributed by atoms with van der Waals surface area (Å²) in [6.07, 6.45) is 0.691. The maximum absolute atomic E-state index is 12.1. The molecule has 3 aromatic rings. The molecule has 1 amide bonds. The third-order valence-electron chi connectivity index (χ3n) is 4.18. The van der Waals surface area contributed by atoms with Crippen LogP contribution in [0.25, 0.3) is 0 Å². The van der Waals surface area contributed by atoms with Crippen molar-refractivity contribution in [1.29, 1.82) is 0 Å². The van der Waals surface area contributed by atoms with Crippen LogP contribution in [0.1, 0.15) is 33.5 Å². The predicted octanol–water partition coefficient (Wildman–Crippen LogP) is 4.80. The molecule has 3 aromatic carbocycles. The molecule has 0 aliphatic carbocycles. The molecule has 130 valence electrons. The number of rotatable bonds is 6. The Bertz CT molecular complexity index is 882. The highest BCUT2D eigenvalue weighted by Crippen LogP contribution is 2.15. The first-order chi connectivity index (χ1) is 12.6. The summed E-state index contributed by atoms with van der Waals surface area (Å²) < 4.78 is 0. The first-order valence-corrected chi connectivity index (χ1v) is 8.63. The molecule has 3 nitrogen and oxygen atoms in total. The number of Topliss-reactive ketones (excluding diaryl/α,β-unsaturated/α-hetero) is 1. The van der Waals surface area contributed by atoms with Gasteiger partial charge in [0.05, 0.1) is 6.42 Å². The van der Waals surface area contributed by atoms with Gasteiger partial charge in [0.1, 0.15) is 0 Å². The van der Waals surface area contributed by atoms with Crippen molar-refractivity contribution in [2.24, 2.45) is 0 Å². The zero-order chi connectivity index (χ0) is 18.4. The van der Waals surface area contributed by atoms with E-state index in [-0.39, 0.29) is 18.1 Å². The van der Waals surface area contributed by atoms with Crippen molar-refractivity contribution >= 4 is 17.4 Å². The van der Waals surface area contributed by atoms with Gasteiger partial charge in [-0.15, -0.1) is 0 Å². The molecule has 3 rings (SSSR count). The highest BCUT2D eigenvalue weighted by atomic mass is 16.2. The molecule has 0 atom stereocenters. The number of hydrogen-bond acceptors (Lipinski definition) is 2. The van der Waals surface area contributed by atoms with Crippen LogP contribution in [0.4, 0.5) is 5.69 Å². The van der Waals surface area contributed by atoms with Crippen LogP contribution in [0, 0.1) is 6.92 Å². The minimum Gasteiger partial charge on any atom is -0.326 e. The minimum absolute atomic E-state index is 0.158. The normalized spacial score (nSPS) is 10.3. The molecule has 0 aliphatic rings. The van der Waals surface area contributed by atoms with E-state index in [4.69, 9.17) is 0 Å². The van der Waals surface area contributed by atoms with Gasteiger partial charge in [0.2, 0.25) is 5.91 Å². The van der Waals surface area contributed by atoms with Crippen molar-refractivity contribution in [1.82, 2.24) is 0 Å². The Morgan fingerprint density at radius 2 is 1.35 bits per heavy atom. The monoisotopic (exact) mass is 343 g/mol. The van der Waals surface area contributed by atoms with E-state index in [2.05, 4.69) is 36.5 Å². The van der Waals surface area contributed by atoms with Gasteiger partial charge in [-0.3, -0.25) is 9.59 Å². The molecule has 1 N–H and O–H groups in total. The highest BCUT2D eigenvalue weighted by Gasteiger charge is 2.11. The largest absolute Gasteiger partial charge is 0.326 e. The molecular formula is C23H21NO2. The van der Waals surface area contributed by atoms with Crippen LogP contribution in [0.5, 0.6) is 0 Å². The lowest BCUT2D eigenvalue weighted by atomic mass is 10.0. The molecule has 0 aromatic heterocycles. The highest BCUT2D eigenvalue weighted by molar-refractivity contribution is 6.10. The first kappa shape index (κ1) is 17.6. The SMILES string of the molecule is Cc1ccc(Cc2ccc(NC(=O)CC(=O)c3ccccc3)cc2)cc1. The van der Waals surface area contributed by atoms with Crippen LogP contribution >= 0.6 is 0 Å². The fourth-order valence-electron chi connectivity index (χ4n) is 2.72. The van der Waals surface area contributed by atoms with E-state index in [0.717, 1.165) is 6.42 Å². The maximum Gasteiger partial charge on any atom is 0.232 e. The molecule has 0 fully saturated rings. The summed E-state index contributed by atoms with van der Waals surface area (Å²) >= 11 is 0. The standard InChI is InChI=1S/C23H21NO2/c1-17-7-9-18(10-8-17)15-19-11-13-21(14-12-19)24-23(26)16-22(25)20-5-3-2-4-6-20/h2-14H,15-16H2,1H3,(H,24,26). The molecule has 0 aliphatic heterocycles. The second-order valence-corrected chi connectivity index (χ2v) is 6.37. The van der Waals surface area contributed by atoms with E-state index in [1.165, 1.54) is 16.7 Å². The smallest absolute Gasteiger partial charge is 0.232 e. The Hall–Kier alpha value is -3.20. The van der Waals surface area contributed by atoms with E-state index in [9.17, 15) is 9.59 Å². The second-order valence-electron chi connectivity index (χ2n) is 6.37. The van der Waals surface area contributed by atoms with Gasteiger partial charge in [-0.1, -0.05) is 72.3 Å². The Balaban J connectivity index is 1.56. The summed E-state index contributed by atoms with van der Waals surface area (Å²) in [7, 11) is 0. The van der Waals surface area contributed by atoms with E-state index >= 15 is 0 Å². The minimum atomic E-state index is -0.301. The number of benzene rings is 3. The van der Waals surface area contributed by atoms with Crippen LogP contribution in [0.2, 0.25) is 0 Å². The number of aryl methyl sites for hydroxylation is 1. The molecule has 0 bridgehead atoms. The first-order valence-electron chi connectivity index (χ1n) is 8.63. The van der Waals surface area contributed by atoms with Gasteiger partial charge in [0.25, 0.3) is 0 Å². The van der Waals surface area contributed by atoms with Crippen molar-refractivity contribution in [2.75, 3.05) is 5.32 Å². The second kappa shape index (κ2) is 8.26. The summed E-state index contributed by atoms with van der Waals surface area (Å²) in [4.78, 5) is 24.1. The number of carbonyl (C=O) groups excluding carboxylic acids is 2. The van der Waals surface area contributed by atoms with Crippen LogP contribution < -0.4 is 5.32 Å². The van der Waals surface area contributed by atoms with Gasteiger partial charge in [0.15, 0.2) is 5.78 Å². The lowest BCUT2D eigenvalue weighted by Gasteiger charge is -2.07. The number of nitrogens with one attached hydrogen (secondary N) is 1. The van der Waals surface area contributed by atoms with Gasteiger partial charge in [-0.2, -0.15) is 0 Å². The van der Waals surface area contributed by atoms with Crippen LogP contribution in [0.15, 0.2) is 78.9 Å². The van der Waals surface area contributed by atoms with Crippen LogP contribution in [-0.4, -0.2) is 11.7 Å².